The summed E-state index contributed by atoms with van der Waals surface area (Å²) in [5.74, 6) is 0.586. The first-order valence-electron chi connectivity index (χ1n) is 5.86. The molecular formula is C12H12F3N3O2. The van der Waals surface area contributed by atoms with Crippen LogP contribution in [0.5, 0.6) is 0 Å². The van der Waals surface area contributed by atoms with Gasteiger partial charge in [0.1, 0.15) is 5.76 Å². The van der Waals surface area contributed by atoms with E-state index in [4.69, 9.17) is 4.52 Å². The number of alkyl halides is 3. The van der Waals surface area contributed by atoms with Gasteiger partial charge in [-0.2, -0.15) is 18.3 Å². The Morgan fingerprint density at radius 1 is 1.30 bits per heavy atom. The zero-order valence-electron chi connectivity index (χ0n) is 10.9. The summed E-state index contributed by atoms with van der Waals surface area (Å²) in [4.78, 5) is 11.5. The number of aromatic nitrogens is 3. The molecule has 0 saturated heterocycles. The van der Waals surface area contributed by atoms with Crippen molar-refractivity contribution >= 4 is 0 Å². The molecule has 5 nitrogen and oxygen atoms in total. The van der Waals surface area contributed by atoms with Crippen LogP contribution in [0.3, 0.4) is 0 Å². The van der Waals surface area contributed by atoms with Gasteiger partial charge in [0.2, 0.25) is 0 Å². The molecule has 0 unspecified atom stereocenters. The standard InChI is InChI=1S/C12H12F3N3O2/c1-7-9(8(2)20-17-7)5-6-18-11(19)4-3-10(16-18)12(13,14)15/h3-4H,5-6H2,1-2H3. The van der Waals surface area contributed by atoms with Crippen molar-refractivity contribution in [2.45, 2.75) is 33.0 Å². The number of aryl methyl sites for hydroxylation is 3. The Morgan fingerprint density at radius 2 is 2.00 bits per heavy atom. The highest BCUT2D eigenvalue weighted by Gasteiger charge is 2.33. The summed E-state index contributed by atoms with van der Waals surface area (Å²) in [7, 11) is 0. The van der Waals surface area contributed by atoms with E-state index in [1.54, 1.807) is 13.8 Å². The quantitative estimate of drug-likeness (QED) is 0.867. The van der Waals surface area contributed by atoms with Gasteiger partial charge in [-0.3, -0.25) is 4.79 Å². The van der Waals surface area contributed by atoms with Crippen molar-refractivity contribution in [2.24, 2.45) is 0 Å². The number of hydrogen-bond acceptors (Lipinski definition) is 4. The molecule has 0 fully saturated rings. The third-order valence-electron chi connectivity index (χ3n) is 2.91. The first-order chi connectivity index (χ1) is 9.29. The zero-order valence-corrected chi connectivity index (χ0v) is 10.9. The monoisotopic (exact) mass is 287 g/mol. The summed E-state index contributed by atoms with van der Waals surface area (Å²) in [5.41, 5.74) is -0.237. The van der Waals surface area contributed by atoms with Crippen LogP contribution in [-0.2, 0) is 19.1 Å². The van der Waals surface area contributed by atoms with Gasteiger partial charge in [0.25, 0.3) is 5.56 Å². The van der Waals surface area contributed by atoms with Crippen molar-refractivity contribution in [3.05, 3.63) is 45.2 Å². The van der Waals surface area contributed by atoms with Gasteiger partial charge < -0.3 is 4.52 Å². The predicted octanol–water partition coefficient (Wildman–Crippen LogP) is 2.11. The molecule has 0 saturated carbocycles. The summed E-state index contributed by atoms with van der Waals surface area (Å²) in [6, 6.07) is 1.54. The first-order valence-corrected chi connectivity index (χ1v) is 5.86. The van der Waals surface area contributed by atoms with Gasteiger partial charge in [0.15, 0.2) is 5.69 Å². The first kappa shape index (κ1) is 14.3. The molecule has 2 heterocycles. The van der Waals surface area contributed by atoms with Crippen LogP contribution in [-0.4, -0.2) is 14.9 Å². The Kier molecular flexibility index (Phi) is 3.65. The van der Waals surface area contributed by atoms with Crippen LogP contribution < -0.4 is 5.56 Å². The lowest BCUT2D eigenvalue weighted by Crippen LogP contribution is -2.26. The minimum absolute atomic E-state index is 0.0334. The molecule has 0 N–H and O–H groups in total. The van der Waals surface area contributed by atoms with Gasteiger partial charge in [-0.15, -0.1) is 0 Å². The molecule has 0 amide bonds. The van der Waals surface area contributed by atoms with Crippen molar-refractivity contribution in [3.63, 3.8) is 0 Å². The fourth-order valence-corrected chi connectivity index (χ4v) is 1.84. The van der Waals surface area contributed by atoms with Crippen molar-refractivity contribution < 1.29 is 17.7 Å². The summed E-state index contributed by atoms with van der Waals surface area (Å²) in [5, 5.41) is 7.08. The molecule has 0 radical (unpaired) electrons. The van der Waals surface area contributed by atoms with Crippen LogP contribution in [0.4, 0.5) is 13.2 Å². The van der Waals surface area contributed by atoms with E-state index in [-0.39, 0.29) is 6.54 Å². The SMILES string of the molecule is Cc1noc(C)c1CCn1nc(C(F)(F)F)ccc1=O. The third kappa shape index (κ3) is 2.89. The summed E-state index contributed by atoms with van der Waals surface area (Å²) in [6.07, 6.45) is -4.24. The van der Waals surface area contributed by atoms with Crippen molar-refractivity contribution in [1.29, 1.82) is 0 Å². The lowest BCUT2D eigenvalue weighted by molar-refractivity contribution is -0.142. The Bertz CT molecular complexity index is 654. The Morgan fingerprint density at radius 3 is 2.55 bits per heavy atom. The van der Waals surface area contributed by atoms with E-state index in [1.165, 1.54) is 0 Å². The molecule has 0 aliphatic rings. The van der Waals surface area contributed by atoms with Gasteiger partial charge in [0, 0.05) is 18.2 Å². The van der Waals surface area contributed by atoms with Crippen LogP contribution in [0.1, 0.15) is 22.7 Å². The third-order valence-corrected chi connectivity index (χ3v) is 2.91. The van der Waals surface area contributed by atoms with Crippen LogP contribution in [0.2, 0.25) is 0 Å². The molecule has 0 aliphatic heterocycles. The van der Waals surface area contributed by atoms with E-state index in [2.05, 4.69) is 10.3 Å². The average molecular weight is 287 g/mol. The number of halogens is 3. The molecular weight excluding hydrogens is 275 g/mol. The van der Waals surface area contributed by atoms with Gasteiger partial charge in [-0.1, -0.05) is 5.16 Å². The maximum absolute atomic E-state index is 12.5. The number of hydrogen-bond donors (Lipinski definition) is 0. The largest absolute Gasteiger partial charge is 0.435 e. The summed E-state index contributed by atoms with van der Waals surface area (Å²) >= 11 is 0. The minimum atomic E-state index is -4.57. The van der Waals surface area contributed by atoms with E-state index >= 15 is 0 Å². The lowest BCUT2D eigenvalue weighted by atomic mass is 10.1. The van der Waals surface area contributed by atoms with E-state index in [0.717, 1.165) is 16.3 Å². The normalized spacial score (nSPS) is 11.8. The summed E-state index contributed by atoms with van der Waals surface area (Å²) < 4.78 is 43.4. The molecule has 108 valence electrons. The fourth-order valence-electron chi connectivity index (χ4n) is 1.84. The Hall–Kier alpha value is -2.12. The van der Waals surface area contributed by atoms with Crippen molar-refractivity contribution in [1.82, 2.24) is 14.9 Å². The molecule has 0 bridgehead atoms. The van der Waals surface area contributed by atoms with E-state index < -0.39 is 17.4 Å². The fraction of sp³-hybridized carbons (Fsp3) is 0.417. The van der Waals surface area contributed by atoms with Gasteiger partial charge in [-0.25, -0.2) is 4.68 Å². The van der Waals surface area contributed by atoms with E-state index in [0.29, 0.717) is 23.9 Å². The highest BCUT2D eigenvalue weighted by atomic mass is 19.4. The van der Waals surface area contributed by atoms with Crippen LogP contribution in [0.25, 0.3) is 0 Å². The molecule has 8 heteroatoms. The van der Waals surface area contributed by atoms with Crippen molar-refractivity contribution in [2.75, 3.05) is 0 Å². The van der Waals surface area contributed by atoms with Gasteiger partial charge >= 0.3 is 6.18 Å². The molecule has 20 heavy (non-hydrogen) atoms. The van der Waals surface area contributed by atoms with Crippen LogP contribution in [0, 0.1) is 13.8 Å². The maximum Gasteiger partial charge on any atom is 0.435 e. The summed E-state index contributed by atoms with van der Waals surface area (Å²) in [6.45, 7) is 3.47. The molecule has 2 rings (SSSR count). The topological polar surface area (TPSA) is 60.9 Å². The second-order valence-electron chi connectivity index (χ2n) is 4.33. The average Bonchev–Trinajstić information content (AvgIpc) is 2.67. The molecule has 2 aromatic heterocycles. The smallest absolute Gasteiger partial charge is 0.361 e. The highest BCUT2D eigenvalue weighted by Crippen LogP contribution is 2.26. The number of nitrogens with zero attached hydrogens (tertiary/aromatic N) is 3. The van der Waals surface area contributed by atoms with Crippen LogP contribution in [0.15, 0.2) is 21.5 Å². The maximum atomic E-state index is 12.5. The van der Waals surface area contributed by atoms with E-state index in [1.807, 2.05) is 0 Å². The van der Waals surface area contributed by atoms with Gasteiger partial charge in [-0.05, 0) is 26.3 Å². The highest BCUT2D eigenvalue weighted by molar-refractivity contribution is 5.20. The van der Waals surface area contributed by atoms with E-state index in [9.17, 15) is 18.0 Å². The predicted molar refractivity (Wildman–Crippen MR) is 63.2 cm³/mol. The van der Waals surface area contributed by atoms with Gasteiger partial charge in [0.05, 0.1) is 5.69 Å². The molecule has 0 spiro atoms. The molecule has 2 aromatic rings. The molecule has 0 aliphatic carbocycles. The minimum Gasteiger partial charge on any atom is -0.361 e. The molecule has 0 atom stereocenters. The second kappa shape index (κ2) is 5.10. The number of rotatable bonds is 3. The van der Waals surface area contributed by atoms with Crippen LogP contribution >= 0.6 is 0 Å². The van der Waals surface area contributed by atoms with Crippen molar-refractivity contribution in [3.8, 4) is 0 Å². The molecule has 0 aromatic carbocycles. The second-order valence-corrected chi connectivity index (χ2v) is 4.33. The zero-order chi connectivity index (χ0) is 14.9. The Labute approximate surface area is 112 Å². The Balaban J connectivity index is 2.24. The lowest BCUT2D eigenvalue weighted by Gasteiger charge is -2.09.